The predicted molar refractivity (Wildman–Crippen MR) is 107 cm³/mol. The van der Waals surface area contributed by atoms with Gasteiger partial charge in [-0.1, -0.05) is 18.2 Å². The maximum atomic E-state index is 12.6. The molecule has 8 nitrogen and oxygen atoms in total. The number of piperazine rings is 1. The van der Waals surface area contributed by atoms with Crippen molar-refractivity contribution in [1.82, 2.24) is 10.2 Å². The van der Waals surface area contributed by atoms with Crippen LogP contribution in [0.2, 0.25) is 0 Å². The molecule has 1 saturated heterocycles. The first-order chi connectivity index (χ1) is 13.5. The molecule has 0 aromatic heterocycles. The van der Waals surface area contributed by atoms with Crippen LogP contribution >= 0.6 is 0 Å². The number of rotatable bonds is 6. The van der Waals surface area contributed by atoms with Crippen molar-refractivity contribution < 1.29 is 14.5 Å². The number of hydrogen-bond donors (Lipinski definition) is 2. The van der Waals surface area contributed by atoms with Gasteiger partial charge >= 0.3 is 0 Å². The molecule has 1 fully saturated rings. The highest BCUT2D eigenvalue weighted by Gasteiger charge is 2.27. The van der Waals surface area contributed by atoms with Crippen molar-refractivity contribution in [3.8, 4) is 5.75 Å². The van der Waals surface area contributed by atoms with E-state index in [1.54, 1.807) is 20.1 Å². The lowest BCUT2D eigenvalue weighted by Crippen LogP contribution is -2.48. The Kier molecular flexibility index (Phi) is 6.23. The van der Waals surface area contributed by atoms with Gasteiger partial charge in [0.2, 0.25) is 5.91 Å². The van der Waals surface area contributed by atoms with Crippen LogP contribution in [0.1, 0.15) is 17.2 Å². The van der Waals surface area contributed by atoms with E-state index in [1.165, 1.54) is 12.1 Å². The number of carbonyl (C=O) groups excluding carboxylic acids is 1. The lowest BCUT2D eigenvalue weighted by molar-refractivity contribution is -0.384. The zero-order valence-corrected chi connectivity index (χ0v) is 16.0. The van der Waals surface area contributed by atoms with Crippen LogP contribution in [-0.4, -0.2) is 49.0 Å². The molecule has 2 N–H and O–H groups in total. The highest BCUT2D eigenvalue weighted by atomic mass is 16.6. The summed E-state index contributed by atoms with van der Waals surface area (Å²) < 4.78 is 5.48. The van der Waals surface area contributed by atoms with Gasteiger partial charge in [-0.3, -0.25) is 19.8 Å². The van der Waals surface area contributed by atoms with Gasteiger partial charge in [0.25, 0.3) is 5.69 Å². The van der Waals surface area contributed by atoms with Gasteiger partial charge in [-0.05, 0) is 24.6 Å². The van der Waals surface area contributed by atoms with Gasteiger partial charge in [-0.25, -0.2) is 0 Å². The van der Waals surface area contributed by atoms with Gasteiger partial charge in [-0.15, -0.1) is 0 Å². The van der Waals surface area contributed by atoms with E-state index in [4.69, 9.17) is 4.74 Å². The molecule has 1 heterocycles. The van der Waals surface area contributed by atoms with Crippen LogP contribution in [0.25, 0.3) is 0 Å². The van der Waals surface area contributed by atoms with Crippen molar-refractivity contribution in [3.05, 3.63) is 63.7 Å². The van der Waals surface area contributed by atoms with Crippen molar-refractivity contribution in [1.29, 1.82) is 0 Å². The average molecular weight is 384 g/mol. The van der Waals surface area contributed by atoms with E-state index in [2.05, 4.69) is 15.5 Å². The minimum absolute atomic E-state index is 0.00819. The second-order valence-corrected chi connectivity index (χ2v) is 6.74. The van der Waals surface area contributed by atoms with Crippen LogP contribution in [-0.2, 0) is 4.79 Å². The topological polar surface area (TPSA) is 96.7 Å². The third kappa shape index (κ3) is 4.47. The fourth-order valence-electron chi connectivity index (χ4n) is 3.46. The highest BCUT2D eigenvalue weighted by Crippen LogP contribution is 2.30. The van der Waals surface area contributed by atoms with Crippen molar-refractivity contribution >= 4 is 17.3 Å². The quantitative estimate of drug-likeness (QED) is 0.587. The number of nitro benzene ring substituents is 1. The summed E-state index contributed by atoms with van der Waals surface area (Å²) in [5, 5.41) is 17.1. The summed E-state index contributed by atoms with van der Waals surface area (Å²) in [6.07, 6.45) is 0. The number of hydrogen-bond acceptors (Lipinski definition) is 6. The van der Waals surface area contributed by atoms with E-state index in [0.717, 1.165) is 30.9 Å². The molecule has 1 amide bonds. The molecule has 3 rings (SSSR count). The third-order valence-corrected chi connectivity index (χ3v) is 4.89. The molecule has 1 atom stereocenters. The Hall–Kier alpha value is -2.97. The lowest BCUT2D eigenvalue weighted by Gasteiger charge is -2.36. The molecule has 8 heteroatoms. The number of aryl methyl sites for hydroxylation is 1. The van der Waals surface area contributed by atoms with E-state index in [1.807, 2.05) is 24.3 Å². The molecule has 2 aromatic rings. The van der Waals surface area contributed by atoms with Crippen LogP contribution in [0.5, 0.6) is 5.75 Å². The van der Waals surface area contributed by atoms with Gasteiger partial charge in [0.1, 0.15) is 5.75 Å². The second-order valence-electron chi connectivity index (χ2n) is 6.74. The number of non-ortho nitro benzene ring substituents is 1. The van der Waals surface area contributed by atoms with Crippen molar-refractivity contribution in [2.75, 3.05) is 38.6 Å². The number of nitro groups is 1. The molecule has 0 saturated carbocycles. The summed E-state index contributed by atoms with van der Waals surface area (Å²) in [7, 11) is 1.64. The Balaban J connectivity index is 1.72. The first-order valence-corrected chi connectivity index (χ1v) is 9.12. The first kappa shape index (κ1) is 19.8. The normalized spacial score (nSPS) is 17.1. The van der Waals surface area contributed by atoms with E-state index in [9.17, 15) is 14.9 Å². The van der Waals surface area contributed by atoms with Crippen LogP contribution in [0.3, 0.4) is 0 Å². The van der Waals surface area contributed by atoms with E-state index >= 15 is 0 Å². The molecule has 148 valence electrons. The number of carbonyl (C=O) groups is 1. The zero-order valence-electron chi connectivity index (χ0n) is 16.0. The smallest absolute Gasteiger partial charge is 0.269 e. The van der Waals surface area contributed by atoms with Gasteiger partial charge in [0, 0.05) is 43.0 Å². The number of anilines is 1. The van der Waals surface area contributed by atoms with E-state index in [-0.39, 0.29) is 24.2 Å². The van der Waals surface area contributed by atoms with Crippen molar-refractivity contribution in [2.45, 2.75) is 13.0 Å². The number of benzene rings is 2. The first-order valence-electron chi connectivity index (χ1n) is 9.12. The van der Waals surface area contributed by atoms with Crippen LogP contribution in [0.4, 0.5) is 11.4 Å². The molecular formula is C20H24N4O4. The Morgan fingerprint density at radius 1 is 1.36 bits per heavy atom. The molecular weight excluding hydrogens is 360 g/mol. The number of amides is 1. The molecule has 0 radical (unpaired) electrons. The van der Waals surface area contributed by atoms with E-state index in [0.29, 0.717) is 11.3 Å². The van der Waals surface area contributed by atoms with Gasteiger partial charge in [0.05, 0.1) is 24.6 Å². The summed E-state index contributed by atoms with van der Waals surface area (Å²) >= 11 is 0. The lowest BCUT2D eigenvalue weighted by atomic mass is 10.0. The maximum absolute atomic E-state index is 12.6. The minimum Gasteiger partial charge on any atom is -0.496 e. The van der Waals surface area contributed by atoms with Crippen LogP contribution < -0.4 is 15.4 Å². The van der Waals surface area contributed by atoms with Crippen molar-refractivity contribution in [3.63, 3.8) is 0 Å². The summed E-state index contributed by atoms with van der Waals surface area (Å²) in [6, 6.07) is 12.3. The molecule has 0 spiro atoms. The number of nitrogens with one attached hydrogen (secondary N) is 2. The van der Waals surface area contributed by atoms with E-state index < -0.39 is 4.92 Å². The molecule has 28 heavy (non-hydrogen) atoms. The Bertz CT molecular complexity index is 871. The molecule has 1 aliphatic rings. The monoisotopic (exact) mass is 384 g/mol. The number of nitrogens with zero attached hydrogens (tertiary/aromatic N) is 2. The Morgan fingerprint density at radius 2 is 2.14 bits per heavy atom. The number of ether oxygens (including phenoxy) is 1. The van der Waals surface area contributed by atoms with Gasteiger partial charge < -0.3 is 15.4 Å². The second kappa shape index (κ2) is 8.81. The summed E-state index contributed by atoms with van der Waals surface area (Å²) in [5.74, 6) is 0.645. The van der Waals surface area contributed by atoms with Crippen LogP contribution in [0, 0.1) is 17.0 Å². The summed E-state index contributed by atoms with van der Waals surface area (Å²) in [6.45, 7) is 4.22. The number of para-hydroxylation sites is 1. The Labute approximate surface area is 163 Å². The molecule has 1 aliphatic heterocycles. The zero-order chi connectivity index (χ0) is 20.1. The molecule has 1 unspecified atom stereocenters. The third-order valence-electron chi connectivity index (χ3n) is 4.89. The number of methoxy groups -OCH3 is 1. The molecule has 0 aliphatic carbocycles. The van der Waals surface area contributed by atoms with Crippen molar-refractivity contribution in [2.24, 2.45) is 0 Å². The summed E-state index contributed by atoms with van der Waals surface area (Å²) in [5.41, 5.74) is 2.29. The predicted octanol–water partition coefficient (Wildman–Crippen LogP) is 2.50. The fraction of sp³-hybridized carbons (Fsp3) is 0.350. The van der Waals surface area contributed by atoms with Crippen LogP contribution in [0.15, 0.2) is 42.5 Å². The summed E-state index contributed by atoms with van der Waals surface area (Å²) in [4.78, 5) is 25.2. The SMILES string of the molecule is COc1ccccc1C1CNCCN1CC(=O)Nc1ccc([N+](=O)[O-])cc1C. The molecule has 2 aromatic carbocycles. The minimum atomic E-state index is -0.447. The fourth-order valence-corrected chi connectivity index (χ4v) is 3.46. The largest absolute Gasteiger partial charge is 0.496 e. The maximum Gasteiger partial charge on any atom is 0.269 e. The van der Waals surface area contributed by atoms with Gasteiger partial charge in [0.15, 0.2) is 0 Å². The van der Waals surface area contributed by atoms with Gasteiger partial charge in [-0.2, -0.15) is 0 Å². The standard InChI is InChI=1S/C20H24N4O4/c1-14-11-15(24(26)27)7-8-17(14)22-20(25)13-23-10-9-21-12-18(23)16-5-3-4-6-19(16)28-2/h3-8,11,18,21H,9-10,12-13H2,1-2H3,(H,22,25). The molecule has 0 bridgehead atoms. The highest BCUT2D eigenvalue weighted by molar-refractivity contribution is 5.93. The Morgan fingerprint density at radius 3 is 2.86 bits per heavy atom. The average Bonchev–Trinajstić information content (AvgIpc) is 2.69.